The summed E-state index contributed by atoms with van der Waals surface area (Å²) in [5.41, 5.74) is 6.25. The van der Waals surface area contributed by atoms with Crippen LogP contribution in [0, 0.1) is 39.4 Å². The van der Waals surface area contributed by atoms with Crippen molar-refractivity contribution in [3.05, 3.63) is 107 Å². The largest absolute Gasteiger partial charge is 0.338 e. The van der Waals surface area contributed by atoms with Gasteiger partial charge in [0.2, 0.25) is 0 Å². The van der Waals surface area contributed by atoms with Gasteiger partial charge in [-0.3, -0.25) is 29.7 Å². The number of terminal acetylenes is 1. The monoisotopic (exact) mass is 1010 g/mol. The summed E-state index contributed by atoms with van der Waals surface area (Å²) < 4.78 is 29.4. The Morgan fingerprint density at radius 3 is 1.60 bits per heavy atom. The van der Waals surface area contributed by atoms with E-state index in [-0.39, 0.29) is 16.9 Å². The number of H-pyrrole nitrogens is 2. The Hall–Kier alpha value is -5.95. The van der Waals surface area contributed by atoms with E-state index in [9.17, 15) is 4.39 Å². The Kier molecular flexibility index (Phi) is 14.5. The fraction of sp³-hybridized carbons (Fsp3) is 0.346. The first-order valence-electron chi connectivity index (χ1n) is 22.6. The second kappa shape index (κ2) is 20.5. The van der Waals surface area contributed by atoms with Crippen LogP contribution in [0.5, 0.6) is 0 Å². The van der Waals surface area contributed by atoms with Crippen LogP contribution in [-0.2, 0) is 0 Å². The second-order valence-electron chi connectivity index (χ2n) is 17.7. The van der Waals surface area contributed by atoms with Crippen LogP contribution in [0.3, 0.4) is 0 Å². The number of aromatic nitrogens is 8. The number of nitrogens with one attached hydrogen (secondary N) is 2. The van der Waals surface area contributed by atoms with Gasteiger partial charge in [-0.1, -0.05) is 31.6 Å². The van der Waals surface area contributed by atoms with Crippen molar-refractivity contribution in [1.82, 2.24) is 59.5 Å². The molecule has 2 N–H and O–H groups in total. The van der Waals surface area contributed by atoms with Crippen LogP contribution in [-0.4, -0.2) is 136 Å². The van der Waals surface area contributed by atoms with Gasteiger partial charge in [-0.2, -0.15) is 0 Å². The van der Waals surface area contributed by atoms with Gasteiger partial charge in [0.15, 0.2) is 11.6 Å². The Morgan fingerprint density at radius 1 is 0.642 bits per heavy atom. The zero-order chi connectivity index (χ0) is 47.3. The number of aromatic amines is 2. The normalized spacial score (nSPS) is 15.4. The molecule has 2 aliphatic heterocycles. The van der Waals surface area contributed by atoms with Crippen LogP contribution >= 0.6 is 22.6 Å². The lowest BCUT2D eigenvalue weighted by Gasteiger charge is -2.41. The average molecular weight is 1010 g/mol. The molecular formula is C52H55F2IN12. The molecule has 0 unspecified atom stereocenters. The summed E-state index contributed by atoms with van der Waals surface area (Å²) in [5.74, 6) is 8.67. The molecule has 0 spiro atoms. The van der Waals surface area contributed by atoms with Crippen molar-refractivity contribution >= 4 is 66.5 Å². The lowest BCUT2D eigenvalue weighted by atomic mass is 10.0. The fourth-order valence-electron chi connectivity index (χ4n) is 8.53. The summed E-state index contributed by atoms with van der Waals surface area (Å²) in [6.07, 6.45) is 18.4. The Labute approximate surface area is 404 Å². The van der Waals surface area contributed by atoms with Crippen molar-refractivity contribution in [2.45, 2.75) is 52.6 Å². The Bertz CT molecular complexity index is 3100. The van der Waals surface area contributed by atoms with E-state index in [0.29, 0.717) is 25.8 Å². The zero-order valence-electron chi connectivity index (χ0n) is 38.8. The third kappa shape index (κ3) is 10.5. The molecule has 0 bridgehead atoms. The first-order valence-corrected chi connectivity index (χ1v) is 23.7. The Balaban J connectivity index is 0.000000152. The van der Waals surface area contributed by atoms with Crippen molar-refractivity contribution in [2.75, 3.05) is 65.4 Å². The molecule has 0 radical (unpaired) electrons. The predicted octanol–water partition coefficient (Wildman–Crippen LogP) is 9.03. The first-order chi connectivity index (χ1) is 32.3. The zero-order valence-corrected chi connectivity index (χ0v) is 41.0. The van der Waals surface area contributed by atoms with Crippen molar-refractivity contribution in [1.29, 1.82) is 0 Å². The summed E-state index contributed by atoms with van der Waals surface area (Å²) in [4.78, 5) is 41.7. The smallest absolute Gasteiger partial charge is 0.157 e. The molecule has 2 fully saturated rings. The molecule has 8 aromatic rings. The maximum atomic E-state index is 15.0. The number of rotatable bonds is 6. The molecule has 12 nitrogen and oxygen atoms in total. The van der Waals surface area contributed by atoms with Crippen LogP contribution in [0.1, 0.15) is 47.1 Å². The number of hydrogen-bond acceptors (Lipinski definition) is 10. The van der Waals surface area contributed by atoms with Gasteiger partial charge in [0.05, 0.1) is 67.4 Å². The van der Waals surface area contributed by atoms with E-state index >= 15 is 4.39 Å². The van der Waals surface area contributed by atoms with Crippen molar-refractivity contribution in [3.8, 4) is 46.7 Å². The molecule has 8 aromatic heterocycles. The minimum absolute atomic E-state index is 0.0696. The highest BCUT2D eigenvalue weighted by molar-refractivity contribution is 14.1. The molecule has 10 heterocycles. The summed E-state index contributed by atoms with van der Waals surface area (Å²) in [6.45, 7) is 23.6. The van der Waals surface area contributed by atoms with Gasteiger partial charge in [0.1, 0.15) is 11.3 Å². The molecule has 0 aliphatic carbocycles. The van der Waals surface area contributed by atoms with Crippen LogP contribution < -0.4 is 0 Å². The van der Waals surface area contributed by atoms with Gasteiger partial charge in [-0.05, 0) is 99.8 Å². The Morgan fingerprint density at radius 2 is 1.12 bits per heavy atom. The quantitative estimate of drug-likeness (QED) is 0.123. The number of fused-ring (bicyclic) bond motifs is 6. The maximum absolute atomic E-state index is 15.0. The van der Waals surface area contributed by atoms with Crippen molar-refractivity contribution < 1.29 is 8.78 Å². The maximum Gasteiger partial charge on any atom is 0.157 e. The molecule has 2 saturated heterocycles. The standard InChI is InChI=1S/C26H27FN6.C15H8FIN4.C11H20N2/c1-4-32-10-12-33(13-11-32)26(2,3)8-7-19-21(27)16-30-25-24(19)20-14-22(29-17-23(20)31-25)18-6-5-9-28-15-18;16-10-6-20-15-13(14(10)17)9-4-11(19-7-12(9)21-15)8-2-1-3-18-5-8;1-5-11(3,4)13-9-7-12(6-2)8-10-13/h5-6,9,14-17H,4,10-13H2,1-3H3,(H,30,31);1-7H,(H,20,21);1H,6-10H2,2-4H3. The average Bonchev–Trinajstić information content (AvgIpc) is 3.94. The van der Waals surface area contributed by atoms with Gasteiger partial charge >= 0.3 is 0 Å². The first kappa shape index (κ1) is 47.5. The molecule has 0 saturated carbocycles. The van der Waals surface area contributed by atoms with Gasteiger partial charge < -0.3 is 19.8 Å². The molecule has 67 heavy (non-hydrogen) atoms. The van der Waals surface area contributed by atoms with Crippen molar-refractivity contribution in [3.63, 3.8) is 0 Å². The highest BCUT2D eigenvalue weighted by Crippen LogP contribution is 2.33. The number of hydrogen-bond donors (Lipinski definition) is 2. The summed E-state index contributed by atoms with van der Waals surface area (Å²) in [6, 6.07) is 11.5. The number of pyridine rings is 6. The van der Waals surface area contributed by atoms with E-state index in [1.54, 1.807) is 37.2 Å². The van der Waals surface area contributed by atoms with Crippen LogP contribution in [0.15, 0.2) is 86.0 Å². The number of likely N-dealkylation sites (N-methyl/N-ethyl adjacent to an activating group) is 2. The molecule has 0 atom stereocenters. The third-order valence-electron chi connectivity index (χ3n) is 12.8. The van der Waals surface area contributed by atoms with E-state index in [4.69, 9.17) is 6.42 Å². The van der Waals surface area contributed by atoms with Gasteiger partial charge in [-0.15, -0.1) is 6.42 Å². The van der Waals surface area contributed by atoms with E-state index in [1.807, 2.05) is 59.0 Å². The number of nitrogens with zero attached hydrogens (tertiary/aromatic N) is 10. The molecule has 344 valence electrons. The van der Waals surface area contributed by atoms with Crippen LogP contribution in [0.2, 0.25) is 0 Å². The fourth-order valence-corrected chi connectivity index (χ4v) is 9.21. The van der Waals surface area contributed by atoms with Gasteiger partial charge in [-0.25, -0.2) is 18.7 Å². The number of halogens is 3. The van der Waals surface area contributed by atoms with Gasteiger partial charge in [0.25, 0.3) is 0 Å². The highest BCUT2D eigenvalue weighted by Gasteiger charge is 2.29. The van der Waals surface area contributed by atoms with E-state index in [2.05, 4.69) is 119 Å². The lowest BCUT2D eigenvalue weighted by molar-refractivity contribution is 0.0840. The topological polar surface area (TPSA) is 122 Å². The van der Waals surface area contributed by atoms with Crippen LogP contribution in [0.25, 0.3) is 66.4 Å². The van der Waals surface area contributed by atoms with E-state index < -0.39 is 5.82 Å². The van der Waals surface area contributed by atoms with Crippen molar-refractivity contribution in [2.24, 2.45) is 0 Å². The lowest BCUT2D eigenvalue weighted by Crippen LogP contribution is -2.54. The minimum Gasteiger partial charge on any atom is -0.338 e. The molecular weight excluding hydrogens is 958 g/mol. The molecule has 0 aromatic carbocycles. The summed E-state index contributed by atoms with van der Waals surface area (Å²) in [7, 11) is 0. The molecule has 10 rings (SSSR count). The highest BCUT2D eigenvalue weighted by atomic mass is 127. The molecule has 2 aliphatic rings. The SMILES string of the molecule is C#CC(C)(C)N1CCN(CC)CC1.CCN1CCN(C(C)(C)C#Cc2c(F)cnc3[nH]c4cnc(-c5cccnc5)cc4c23)CC1.Fc1cnc2[nH]c3cnc(-c4cccnc4)cc3c2c1I. The predicted molar refractivity (Wildman–Crippen MR) is 273 cm³/mol. The second-order valence-corrected chi connectivity index (χ2v) is 18.7. The minimum atomic E-state index is -0.415. The summed E-state index contributed by atoms with van der Waals surface area (Å²) in [5, 5.41) is 3.24. The van der Waals surface area contributed by atoms with Gasteiger partial charge in [0, 0.05) is 110 Å². The van der Waals surface area contributed by atoms with E-state index in [0.717, 1.165) is 115 Å². The van der Waals surface area contributed by atoms with Crippen LogP contribution in [0.4, 0.5) is 8.78 Å². The van der Waals surface area contributed by atoms with E-state index in [1.165, 1.54) is 12.4 Å². The number of piperazine rings is 2. The third-order valence-corrected chi connectivity index (χ3v) is 13.9. The summed E-state index contributed by atoms with van der Waals surface area (Å²) >= 11 is 2.01. The molecule has 15 heteroatoms. The molecule has 0 amide bonds.